The predicted octanol–water partition coefficient (Wildman–Crippen LogP) is 6.12. The Morgan fingerprint density at radius 1 is 0.900 bits per heavy atom. The Morgan fingerprint density at radius 3 is 2.50 bits per heavy atom. The maximum absolute atomic E-state index is 6.66. The number of rotatable bonds is 3. The minimum Gasteiger partial charge on any atom is -0.117 e. The van der Waals surface area contributed by atoms with Gasteiger partial charge in [-0.25, -0.2) is 0 Å². The van der Waals surface area contributed by atoms with Crippen molar-refractivity contribution in [1.82, 2.24) is 0 Å². The van der Waals surface area contributed by atoms with Crippen LogP contribution in [0.2, 0.25) is 0 Å². The highest BCUT2D eigenvalue weighted by atomic mass is 79.9. The molecule has 3 aromatic carbocycles. The zero-order valence-corrected chi connectivity index (χ0v) is 13.2. The van der Waals surface area contributed by atoms with Gasteiger partial charge in [0.05, 0.1) is 5.38 Å². The second kappa shape index (κ2) is 5.99. The van der Waals surface area contributed by atoms with E-state index in [2.05, 4.69) is 70.5 Å². The fraction of sp³-hybridized carbons (Fsp3) is 0.111. The van der Waals surface area contributed by atoms with Crippen molar-refractivity contribution in [2.75, 3.05) is 0 Å². The third-order valence-electron chi connectivity index (χ3n) is 3.46. The molecular formula is C18H14BrCl. The van der Waals surface area contributed by atoms with E-state index in [4.69, 9.17) is 11.6 Å². The van der Waals surface area contributed by atoms with Gasteiger partial charge in [-0.15, -0.1) is 11.6 Å². The largest absolute Gasteiger partial charge is 0.117 e. The normalized spacial score (nSPS) is 12.5. The molecule has 0 aliphatic heterocycles. The van der Waals surface area contributed by atoms with E-state index < -0.39 is 0 Å². The molecule has 0 saturated heterocycles. The number of alkyl halides is 1. The zero-order valence-electron chi connectivity index (χ0n) is 10.9. The van der Waals surface area contributed by atoms with Gasteiger partial charge in [0.1, 0.15) is 0 Å². The quantitative estimate of drug-likeness (QED) is 0.501. The van der Waals surface area contributed by atoms with Crippen molar-refractivity contribution in [1.29, 1.82) is 0 Å². The van der Waals surface area contributed by atoms with E-state index in [1.54, 1.807) is 0 Å². The average Bonchev–Trinajstić information content (AvgIpc) is 2.46. The van der Waals surface area contributed by atoms with Crippen molar-refractivity contribution < 1.29 is 0 Å². The smallest absolute Gasteiger partial charge is 0.0631 e. The molecule has 0 spiro atoms. The summed E-state index contributed by atoms with van der Waals surface area (Å²) in [6.45, 7) is 0. The third kappa shape index (κ3) is 2.89. The summed E-state index contributed by atoms with van der Waals surface area (Å²) < 4.78 is 1.09. The molecule has 0 fully saturated rings. The van der Waals surface area contributed by atoms with E-state index in [9.17, 15) is 0 Å². The van der Waals surface area contributed by atoms with Gasteiger partial charge in [0.2, 0.25) is 0 Å². The van der Waals surface area contributed by atoms with Gasteiger partial charge in [0, 0.05) is 4.47 Å². The molecule has 0 N–H and O–H groups in total. The summed E-state index contributed by atoms with van der Waals surface area (Å²) in [6, 6.07) is 23.0. The van der Waals surface area contributed by atoms with Gasteiger partial charge in [-0.05, 0) is 40.5 Å². The van der Waals surface area contributed by atoms with Crippen LogP contribution in [0.3, 0.4) is 0 Å². The van der Waals surface area contributed by atoms with Crippen molar-refractivity contribution in [3.63, 3.8) is 0 Å². The van der Waals surface area contributed by atoms with Crippen molar-refractivity contribution in [3.05, 3.63) is 82.3 Å². The Kier molecular flexibility index (Phi) is 4.09. The zero-order chi connectivity index (χ0) is 13.9. The van der Waals surface area contributed by atoms with Crippen LogP contribution in [-0.2, 0) is 6.42 Å². The first-order valence-corrected chi connectivity index (χ1v) is 7.83. The lowest BCUT2D eigenvalue weighted by atomic mass is 9.98. The molecule has 0 aromatic heterocycles. The average molecular weight is 346 g/mol. The molecule has 0 saturated carbocycles. The summed E-state index contributed by atoms with van der Waals surface area (Å²) in [5.41, 5.74) is 2.44. The van der Waals surface area contributed by atoms with E-state index in [-0.39, 0.29) is 5.38 Å². The van der Waals surface area contributed by atoms with Crippen LogP contribution in [-0.4, -0.2) is 0 Å². The van der Waals surface area contributed by atoms with Gasteiger partial charge in [0.15, 0.2) is 0 Å². The summed E-state index contributed by atoms with van der Waals surface area (Å²) in [5.74, 6) is 0. The molecule has 0 heterocycles. The van der Waals surface area contributed by atoms with Gasteiger partial charge in [0.25, 0.3) is 0 Å². The fourth-order valence-corrected chi connectivity index (χ4v) is 3.32. The van der Waals surface area contributed by atoms with Crippen LogP contribution < -0.4 is 0 Å². The minimum atomic E-state index is -0.0181. The maximum Gasteiger partial charge on any atom is 0.0631 e. The first-order valence-electron chi connectivity index (χ1n) is 6.60. The van der Waals surface area contributed by atoms with Crippen LogP contribution in [0.1, 0.15) is 16.5 Å². The molecule has 1 unspecified atom stereocenters. The maximum atomic E-state index is 6.66. The minimum absolute atomic E-state index is 0.0181. The lowest BCUT2D eigenvalue weighted by molar-refractivity contribution is 0.927. The van der Waals surface area contributed by atoms with Crippen LogP contribution >= 0.6 is 27.5 Å². The molecule has 2 heteroatoms. The van der Waals surface area contributed by atoms with Crippen molar-refractivity contribution >= 4 is 38.3 Å². The monoisotopic (exact) mass is 344 g/mol. The Bertz CT molecular complexity index is 731. The van der Waals surface area contributed by atoms with Gasteiger partial charge in [-0.3, -0.25) is 0 Å². The third-order valence-corrected chi connectivity index (χ3v) is 4.35. The predicted molar refractivity (Wildman–Crippen MR) is 90.4 cm³/mol. The van der Waals surface area contributed by atoms with Crippen LogP contribution in [0, 0.1) is 0 Å². The topological polar surface area (TPSA) is 0 Å². The van der Waals surface area contributed by atoms with Crippen LogP contribution in [0.25, 0.3) is 10.8 Å². The second-order valence-corrected chi connectivity index (χ2v) is 6.31. The van der Waals surface area contributed by atoms with Gasteiger partial charge in [-0.2, -0.15) is 0 Å². The molecule has 0 aliphatic rings. The molecule has 3 rings (SSSR count). The molecule has 0 aliphatic carbocycles. The molecule has 0 bridgehead atoms. The Hall–Kier alpha value is -1.31. The second-order valence-electron chi connectivity index (χ2n) is 4.87. The number of hydrogen-bond acceptors (Lipinski definition) is 0. The summed E-state index contributed by atoms with van der Waals surface area (Å²) in [4.78, 5) is 0. The molecule has 1 atom stereocenters. The van der Waals surface area contributed by atoms with Crippen molar-refractivity contribution in [2.45, 2.75) is 11.8 Å². The standard InChI is InChI=1S/C18H14BrCl/c19-15-8-3-5-13(11-15)12-18(20)17-10-4-7-14-6-1-2-9-16(14)17/h1-11,18H,12H2. The molecular weight excluding hydrogens is 332 g/mol. The van der Waals surface area contributed by atoms with E-state index in [0.29, 0.717) is 0 Å². The first kappa shape index (κ1) is 13.7. The summed E-state index contributed by atoms with van der Waals surface area (Å²) in [6.07, 6.45) is 0.828. The first-order chi connectivity index (χ1) is 9.74. The van der Waals surface area contributed by atoms with Crippen LogP contribution in [0.15, 0.2) is 71.2 Å². The van der Waals surface area contributed by atoms with E-state index >= 15 is 0 Å². The van der Waals surface area contributed by atoms with Gasteiger partial charge >= 0.3 is 0 Å². The highest BCUT2D eigenvalue weighted by molar-refractivity contribution is 9.10. The number of hydrogen-bond donors (Lipinski definition) is 0. The number of halogens is 2. The SMILES string of the molecule is ClC(Cc1cccc(Br)c1)c1cccc2ccccc12. The molecule has 3 aromatic rings. The lowest BCUT2D eigenvalue weighted by Gasteiger charge is -2.13. The van der Waals surface area contributed by atoms with E-state index in [0.717, 1.165) is 10.9 Å². The molecule has 0 amide bonds. The van der Waals surface area contributed by atoms with Gasteiger partial charge in [-0.1, -0.05) is 70.5 Å². The van der Waals surface area contributed by atoms with E-state index in [1.807, 2.05) is 12.1 Å². The van der Waals surface area contributed by atoms with Crippen LogP contribution in [0.4, 0.5) is 0 Å². The molecule has 20 heavy (non-hydrogen) atoms. The fourth-order valence-electron chi connectivity index (χ4n) is 2.50. The van der Waals surface area contributed by atoms with Crippen molar-refractivity contribution in [2.24, 2.45) is 0 Å². The van der Waals surface area contributed by atoms with E-state index in [1.165, 1.54) is 21.9 Å². The highest BCUT2D eigenvalue weighted by Gasteiger charge is 2.12. The Balaban J connectivity index is 1.94. The Morgan fingerprint density at radius 2 is 1.65 bits per heavy atom. The number of fused-ring (bicyclic) bond motifs is 1. The summed E-state index contributed by atoms with van der Waals surface area (Å²) in [5, 5.41) is 2.46. The molecule has 0 nitrogen and oxygen atoms in total. The highest BCUT2D eigenvalue weighted by Crippen LogP contribution is 2.31. The number of benzene rings is 3. The van der Waals surface area contributed by atoms with Gasteiger partial charge < -0.3 is 0 Å². The molecule has 100 valence electrons. The Labute approximate surface area is 132 Å². The summed E-state index contributed by atoms with van der Waals surface area (Å²) in [7, 11) is 0. The molecule has 0 radical (unpaired) electrons. The van der Waals surface area contributed by atoms with Crippen molar-refractivity contribution in [3.8, 4) is 0 Å². The van der Waals surface area contributed by atoms with Crippen LogP contribution in [0.5, 0.6) is 0 Å². The summed E-state index contributed by atoms with van der Waals surface area (Å²) >= 11 is 10.2. The lowest BCUT2D eigenvalue weighted by Crippen LogP contribution is -1.97.